The number of nitrogens with zero attached hydrogens (tertiary/aromatic N) is 2. The van der Waals surface area contributed by atoms with Crippen LogP contribution in [0.1, 0.15) is 11.1 Å². The van der Waals surface area contributed by atoms with Crippen LogP contribution in [0.2, 0.25) is 0 Å². The molecule has 2 aromatic carbocycles. The number of hydrogen-bond acceptors (Lipinski definition) is 3. The Kier molecular flexibility index (Phi) is 5.30. The summed E-state index contributed by atoms with van der Waals surface area (Å²) in [7, 11) is 12.4. The van der Waals surface area contributed by atoms with Crippen molar-refractivity contribution in [2.45, 2.75) is 13.1 Å². The minimum Gasteiger partial charge on any atom is -0.507 e. The second kappa shape index (κ2) is 6.94. The van der Waals surface area contributed by atoms with Gasteiger partial charge in [-0.05, 0) is 36.4 Å². The van der Waals surface area contributed by atoms with Gasteiger partial charge in [0, 0.05) is 0 Å². The first-order chi connectivity index (χ1) is 11.4. The van der Waals surface area contributed by atoms with Crippen LogP contribution in [0.15, 0.2) is 36.4 Å². The summed E-state index contributed by atoms with van der Waals surface area (Å²) in [5, 5.41) is 20.1. The Hall–Kier alpha value is -2.24. The lowest BCUT2D eigenvalue weighted by Crippen LogP contribution is -2.33. The number of phenols is 2. The molecule has 0 fully saturated rings. The summed E-state index contributed by atoms with van der Waals surface area (Å²) >= 11 is 0. The zero-order valence-electron chi connectivity index (χ0n) is 16.1. The number of quaternary nitrogens is 2. The van der Waals surface area contributed by atoms with Gasteiger partial charge in [0.15, 0.2) is 0 Å². The molecule has 0 aliphatic rings. The van der Waals surface area contributed by atoms with E-state index < -0.39 is 0 Å². The molecular formula is C20H30N2O3+2. The third-order valence-corrected chi connectivity index (χ3v) is 3.63. The highest BCUT2D eigenvalue weighted by Crippen LogP contribution is 2.31. The van der Waals surface area contributed by atoms with E-state index in [4.69, 9.17) is 4.74 Å². The van der Waals surface area contributed by atoms with E-state index in [1.54, 1.807) is 24.3 Å². The summed E-state index contributed by atoms with van der Waals surface area (Å²) in [5.41, 5.74) is 1.69. The topological polar surface area (TPSA) is 49.7 Å². The predicted molar refractivity (Wildman–Crippen MR) is 99.8 cm³/mol. The Labute approximate surface area is 150 Å². The van der Waals surface area contributed by atoms with Gasteiger partial charge in [0.25, 0.3) is 0 Å². The molecule has 2 N–H and O–H groups in total. The smallest absolute Gasteiger partial charge is 0.128 e. The molecule has 0 heterocycles. The molecule has 5 heteroatoms. The van der Waals surface area contributed by atoms with Crippen LogP contribution in [0.3, 0.4) is 0 Å². The zero-order chi connectivity index (χ0) is 18.8. The van der Waals surface area contributed by atoms with Crippen molar-refractivity contribution in [3.8, 4) is 23.0 Å². The third kappa shape index (κ3) is 5.96. The molecule has 0 atom stereocenters. The highest BCUT2D eigenvalue weighted by molar-refractivity contribution is 5.44. The number of phenolic OH excluding ortho intramolecular Hbond substituents is 2. The van der Waals surface area contributed by atoms with Gasteiger partial charge in [-0.1, -0.05) is 0 Å². The fraction of sp³-hybridized carbons (Fsp3) is 0.400. The maximum atomic E-state index is 10.1. The number of benzene rings is 2. The minimum absolute atomic E-state index is 0.275. The largest absolute Gasteiger partial charge is 0.507 e. The molecule has 0 aliphatic carbocycles. The van der Waals surface area contributed by atoms with E-state index in [0.29, 0.717) is 33.6 Å². The van der Waals surface area contributed by atoms with E-state index in [2.05, 4.69) is 42.3 Å². The number of rotatable bonds is 6. The van der Waals surface area contributed by atoms with Crippen LogP contribution in [0.4, 0.5) is 0 Å². The molecule has 0 unspecified atom stereocenters. The van der Waals surface area contributed by atoms with Crippen molar-refractivity contribution in [2.75, 3.05) is 42.3 Å². The number of hydrogen-bond donors (Lipinski definition) is 2. The molecule has 5 nitrogen and oxygen atoms in total. The second-order valence-corrected chi connectivity index (χ2v) is 8.58. The van der Waals surface area contributed by atoms with Gasteiger partial charge in [0.2, 0.25) is 0 Å². The van der Waals surface area contributed by atoms with Gasteiger partial charge in [-0.25, -0.2) is 0 Å². The lowest BCUT2D eigenvalue weighted by atomic mass is 10.1. The molecule has 0 aromatic heterocycles. The van der Waals surface area contributed by atoms with E-state index in [1.165, 1.54) is 0 Å². The van der Waals surface area contributed by atoms with Crippen molar-refractivity contribution in [3.05, 3.63) is 47.5 Å². The molecule has 0 saturated carbocycles. The van der Waals surface area contributed by atoms with Gasteiger partial charge < -0.3 is 23.9 Å². The summed E-state index contributed by atoms with van der Waals surface area (Å²) in [5.74, 6) is 1.89. The van der Waals surface area contributed by atoms with Crippen LogP contribution in [-0.4, -0.2) is 61.5 Å². The number of aromatic hydroxyl groups is 2. The van der Waals surface area contributed by atoms with E-state index in [9.17, 15) is 10.2 Å². The molecule has 0 saturated heterocycles. The van der Waals surface area contributed by atoms with E-state index >= 15 is 0 Å². The molecule has 136 valence electrons. The zero-order valence-corrected chi connectivity index (χ0v) is 16.1. The average Bonchev–Trinajstić information content (AvgIpc) is 2.43. The minimum atomic E-state index is 0.275. The summed E-state index contributed by atoms with van der Waals surface area (Å²) in [6.07, 6.45) is 0. The van der Waals surface area contributed by atoms with Gasteiger partial charge in [0.05, 0.1) is 53.4 Å². The van der Waals surface area contributed by atoms with Crippen LogP contribution in [0.25, 0.3) is 0 Å². The average molecular weight is 346 g/mol. The van der Waals surface area contributed by atoms with Crippen molar-refractivity contribution in [2.24, 2.45) is 0 Å². The molecule has 2 aromatic rings. The van der Waals surface area contributed by atoms with E-state index in [1.807, 2.05) is 12.1 Å². The quantitative estimate of drug-likeness (QED) is 0.789. The maximum absolute atomic E-state index is 10.1. The molecular weight excluding hydrogens is 316 g/mol. The Balaban J connectivity index is 2.25. The van der Waals surface area contributed by atoms with Crippen molar-refractivity contribution >= 4 is 0 Å². The van der Waals surface area contributed by atoms with Crippen LogP contribution in [0.5, 0.6) is 23.0 Å². The molecule has 0 amide bonds. The third-order valence-electron chi connectivity index (χ3n) is 3.63. The standard InChI is InChI=1S/C20H28N2O3/c1-21(2,3)13-15-11-17(7-9-19(15)23)25-18-8-10-20(24)16(12-18)14-22(4,5)6/h7-12H,13-14H2,1-6H3/p+2. The Morgan fingerprint density at radius 2 is 1.04 bits per heavy atom. The van der Waals surface area contributed by atoms with Gasteiger partial charge in [-0.2, -0.15) is 0 Å². The van der Waals surface area contributed by atoms with Crippen molar-refractivity contribution in [1.29, 1.82) is 0 Å². The molecule has 0 aliphatic heterocycles. The Morgan fingerprint density at radius 1 is 0.680 bits per heavy atom. The van der Waals surface area contributed by atoms with E-state index in [0.717, 1.165) is 11.1 Å². The lowest BCUT2D eigenvalue weighted by molar-refractivity contribution is -0.884. The van der Waals surface area contributed by atoms with E-state index in [-0.39, 0.29) is 11.5 Å². The lowest BCUT2D eigenvalue weighted by Gasteiger charge is -2.25. The Bertz CT molecular complexity index is 680. The maximum Gasteiger partial charge on any atom is 0.128 e. The molecule has 0 bridgehead atoms. The molecule has 25 heavy (non-hydrogen) atoms. The molecule has 0 radical (unpaired) electrons. The summed E-state index contributed by atoms with van der Waals surface area (Å²) in [6, 6.07) is 10.6. The fourth-order valence-electron chi connectivity index (χ4n) is 2.66. The first kappa shape index (κ1) is 19.1. The first-order valence-electron chi connectivity index (χ1n) is 8.35. The summed E-state index contributed by atoms with van der Waals surface area (Å²) in [6.45, 7) is 1.40. The second-order valence-electron chi connectivity index (χ2n) is 8.58. The monoisotopic (exact) mass is 346 g/mol. The van der Waals surface area contributed by atoms with Gasteiger partial charge >= 0.3 is 0 Å². The normalized spacial score (nSPS) is 12.2. The van der Waals surface area contributed by atoms with Crippen molar-refractivity contribution < 1.29 is 23.9 Å². The van der Waals surface area contributed by atoms with Gasteiger partial charge in [-0.15, -0.1) is 0 Å². The Morgan fingerprint density at radius 3 is 1.36 bits per heavy atom. The van der Waals surface area contributed by atoms with Crippen LogP contribution < -0.4 is 4.74 Å². The van der Waals surface area contributed by atoms with Crippen LogP contribution in [0, 0.1) is 0 Å². The summed E-state index contributed by atoms with van der Waals surface area (Å²) < 4.78 is 7.39. The summed E-state index contributed by atoms with van der Waals surface area (Å²) in [4.78, 5) is 0. The highest BCUT2D eigenvalue weighted by atomic mass is 16.5. The SMILES string of the molecule is C[N+](C)(C)Cc1cc(Oc2ccc(O)c(C[N+](C)(C)C)c2)ccc1O. The fourth-order valence-corrected chi connectivity index (χ4v) is 2.66. The van der Waals surface area contributed by atoms with Crippen molar-refractivity contribution in [3.63, 3.8) is 0 Å². The predicted octanol–water partition coefficient (Wildman–Crippen LogP) is 3.30. The molecule has 2 rings (SSSR count). The highest BCUT2D eigenvalue weighted by Gasteiger charge is 2.16. The van der Waals surface area contributed by atoms with Gasteiger partial charge in [-0.3, -0.25) is 0 Å². The first-order valence-corrected chi connectivity index (χ1v) is 8.35. The van der Waals surface area contributed by atoms with Gasteiger partial charge in [0.1, 0.15) is 36.1 Å². The van der Waals surface area contributed by atoms with Crippen molar-refractivity contribution in [1.82, 2.24) is 0 Å². The van der Waals surface area contributed by atoms with Crippen LogP contribution in [-0.2, 0) is 13.1 Å². The van der Waals surface area contributed by atoms with Crippen LogP contribution >= 0.6 is 0 Å². The molecule has 0 spiro atoms. The number of ether oxygens (including phenoxy) is 1.